The van der Waals surface area contributed by atoms with Crippen molar-refractivity contribution < 1.29 is 0 Å². The summed E-state index contributed by atoms with van der Waals surface area (Å²) in [6.07, 6.45) is 6.44. The maximum Gasteiger partial charge on any atom is 0.0925 e. The van der Waals surface area contributed by atoms with Crippen LogP contribution in [0.2, 0.25) is 0 Å². The second-order valence-electron chi connectivity index (χ2n) is 3.30. The van der Waals surface area contributed by atoms with Crippen LogP contribution in [-0.2, 0) is 6.42 Å². The van der Waals surface area contributed by atoms with Gasteiger partial charge in [0.15, 0.2) is 0 Å². The monoisotopic (exact) mass is 310 g/mol. The second-order valence-corrected chi connectivity index (χ2v) is 4.55. The Morgan fingerprint density at radius 2 is 2.40 bits per heavy atom. The van der Waals surface area contributed by atoms with Gasteiger partial charge in [-0.25, -0.2) is 0 Å². The number of fused-ring (bicyclic) bond motifs is 1. The molecule has 1 aliphatic carbocycles. The average Bonchev–Trinajstić information content (AvgIpc) is 2.56. The van der Waals surface area contributed by atoms with Crippen LogP contribution >= 0.6 is 22.6 Å². The fourth-order valence-corrected chi connectivity index (χ4v) is 2.23. The summed E-state index contributed by atoms with van der Waals surface area (Å²) in [6.45, 7) is 5.73. The van der Waals surface area contributed by atoms with Crippen LogP contribution in [0.4, 0.5) is 0 Å². The first kappa shape index (κ1) is 10.5. The molecule has 0 saturated heterocycles. The van der Waals surface area contributed by atoms with Crippen molar-refractivity contribution in [2.45, 2.75) is 13.3 Å². The third-order valence-electron chi connectivity index (χ3n) is 2.35. The van der Waals surface area contributed by atoms with Gasteiger partial charge >= 0.3 is 0 Å². The summed E-state index contributed by atoms with van der Waals surface area (Å²) in [5.41, 5.74) is 4.39. The number of aromatic nitrogens is 1. The molecule has 0 unspecified atom stereocenters. The number of pyridine rings is 1. The van der Waals surface area contributed by atoms with E-state index in [0.29, 0.717) is 0 Å². The molecule has 15 heavy (non-hydrogen) atoms. The van der Waals surface area contributed by atoms with Crippen molar-refractivity contribution in [1.82, 2.24) is 4.98 Å². The Morgan fingerprint density at radius 1 is 1.60 bits per heavy atom. The Labute approximate surface area is 103 Å². The molecular weight excluding hydrogens is 299 g/mol. The quantitative estimate of drug-likeness (QED) is 0.608. The van der Waals surface area contributed by atoms with Gasteiger partial charge in [-0.1, -0.05) is 12.7 Å². The molecule has 1 aromatic rings. The van der Waals surface area contributed by atoms with E-state index in [0.717, 1.165) is 27.0 Å². The molecule has 0 fully saturated rings. The van der Waals surface area contributed by atoms with Gasteiger partial charge in [0.2, 0.25) is 0 Å². The van der Waals surface area contributed by atoms with Crippen LogP contribution in [0.5, 0.6) is 0 Å². The lowest BCUT2D eigenvalue weighted by Crippen LogP contribution is -1.89. The van der Waals surface area contributed by atoms with E-state index < -0.39 is 0 Å². The van der Waals surface area contributed by atoms with E-state index in [9.17, 15) is 0 Å². The van der Waals surface area contributed by atoms with Crippen molar-refractivity contribution in [2.24, 2.45) is 4.99 Å². The molecule has 1 heterocycles. The molecule has 2 nitrogen and oxygen atoms in total. The van der Waals surface area contributed by atoms with Gasteiger partial charge in [-0.05, 0) is 46.7 Å². The molecule has 0 aromatic carbocycles. The number of allylic oxidation sites excluding steroid dienone is 2. The van der Waals surface area contributed by atoms with Gasteiger partial charge in [0.1, 0.15) is 0 Å². The van der Waals surface area contributed by atoms with E-state index >= 15 is 0 Å². The second kappa shape index (κ2) is 4.26. The van der Waals surface area contributed by atoms with E-state index in [2.05, 4.69) is 45.2 Å². The number of nitrogens with zero attached hydrogens (tertiary/aromatic N) is 2. The minimum atomic E-state index is 0.898. The summed E-state index contributed by atoms with van der Waals surface area (Å²) in [7, 11) is 0. The van der Waals surface area contributed by atoms with E-state index in [1.165, 1.54) is 5.56 Å². The van der Waals surface area contributed by atoms with Crippen LogP contribution in [-0.4, -0.2) is 11.2 Å². The maximum absolute atomic E-state index is 4.43. The van der Waals surface area contributed by atoms with Crippen LogP contribution < -0.4 is 0 Å². The normalized spacial score (nSPS) is 14.8. The summed E-state index contributed by atoms with van der Waals surface area (Å²) < 4.78 is 1.16. The van der Waals surface area contributed by atoms with Gasteiger partial charge in [0, 0.05) is 22.4 Å². The van der Waals surface area contributed by atoms with Crippen LogP contribution in [0, 0.1) is 3.57 Å². The first-order valence-corrected chi connectivity index (χ1v) is 5.83. The lowest BCUT2D eigenvalue weighted by atomic mass is 10.2. The van der Waals surface area contributed by atoms with Crippen LogP contribution in [0.1, 0.15) is 18.2 Å². The number of rotatable bonds is 2. The predicted octanol–water partition coefficient (Wildman–Crippen LogP) is 3.23. The summed E-state index contributed by atoms with van der Waals surface area (Å²) in [4.78, 5) is 8.80. The van der Waals surface area contributed by atoms with Crippen molar-refractivity contribution in [2.75, 3.05) is 0 Å². The number of halogens is 1. The van der Waals surface area contributed by atoms with Crippen molar-refractivity contribution in [3.8, 4) is 0 Å². The highest BCUT2D eigenvalue weighted by molar-refractivity contribution is 14.1. The van der Waals surface area contributed by atoms with E-state index in [-0.39, 0.29) is 0 Å². The fraction of sp³-hybridized carbons (Fsp3) is 0.167. The smallest absolute Gasteiger partial charge is 0.0925 e. The van der Waals surface area contributed by atoms with Crippen molar-refractivity contribution >= 4 is 34.5 Å². The molecule has 0 atom stereocenters. The molecule has 0 saturated carbocycles. The highest BCUT2D eigenvalue weighted by Crippen LogP contribution is 2.33. The molecule has 0 bridgehead atoms. The van der Waals surface area contributed by atoms with Crippen molar-refractivity contribution in [3.63, 3.8) is 0 Å². The van der Waals surface area contributed by atoms with Crippen LogP contribution in [0.3, 0.4) is 0 Å². The molecule has 0 amide bonds. The average molecular weight is 310 g/mol. The van der Waals surface area contributed by atoms with Crippen molar-refractivity contribution in [1.29, 1.82) is 0 Å². The summed E-state index contributed by atoms with van der Waals surface area (Å²) in [5.74, 6) is 0. The topological polar surface area (TPSA) is 25.2 Å². The van der Waals surface area contributed by atoms with Crippen molar-refractivity contribution in [3.05, 3.63) is 45.3 Å². The molecule has 0 radical (unpaired) electrons. The zero-order valence-electron chi connectivity index (χ0n) is 8.50. The molecule has 0 spiro atoms. The van der Waals surface area contributed by atoms with Crippen LogP contribution in [0.15, 0.2) is 35.5 Å². The lowest BCUT2D eigenvalue weighted by molar-refractivity contribution is 1.17. The fourth-order valence-electron chi connectivity index (χ4n) is 1.71. The molecule has 0 N–H and O–H groups in total. The third kappa shape index (κ3) is 1.88. The first-order chi connectivity index (χ1) is 7.26. The van der Waals surface area contributed by atoms with Gasteiger partial charge in [-0.2, -0.15) is 0 Å². The highest BCUT2D eigenvalue weighted by atomic mass is 127. The SMILES string of the molecule is C=CC1=C(N=CC)c2ncc(I)cc2C1. The molecule has 3 heteroatoms. The van der Waals surface area contributed by atoms with Gasteiger partial charge in [0.25, 0.3) is 0 Å². The summed E-state index contributed by atoms with van der Waals surface area (Å²) >= 11 is 2.28. The number of hydrogen-bond donors (Lipinski definition) is 0. The zero-order valence-corrected chi connectivity index (χ0v) is 10.7. The zero-order chi connectivity index (χ0) is 10.8. The number of hydrogen-bond acceptors (Lipinski definition) is 2. The molecular formula is C12H11IN2. The van der Waals surface area contributed by atoms with Gasteiger partial charge in [0.05, 0.1) is 11.4 Å². The predicted molar refractivity (Wildman–Crippen MR) is 71.9 cm³/mol. The number of aliphatic imine (C=N–C) groups is 1. The minimum Gasteiger partial charge on any atom is -0.259 e. The molecule has 0 aliphatic heterocycles. The van der Waals surface area contributed by atoms with Gasteiger partial charge in [-0.3, -0.25) is 9.98 Å². The Kier molecular flexibility index (Phi) is 3.00. The Morgan fingerprint density at radius 3 is 3.07 bits per heavy atom. The lowest BCUT2D eigenvalue weighted by Gasteiger charge is -1.99. The maximum atomic E-state index is 4.43. The van der Waals surface area contributed by atoms with E-state index in [1.807, 2.05) is 19.2 Å². The summed E-state index contributed by atoms with van der Waals surface area (Å²) in [6, 6.07) is 2.16. The Balaban J connectivity index is 2.55. The Hall–Kier alpha value is -0.970. The van der Waals surface area contributed by atoms with E-state index in [4.69, 9.17) is 0 Å². The van der Waals surface area contributed by atoms with Gasteiger partial charge < -0.3 is 0 Å². The standard InChI is InChI=1S/C12H11IN2/c1-3-8-5-9-6-10(13)7-15-12(9)11(8)14-4-2/h3-4,6-7H,1,5H2,2H3. The summed E-state index contributed by atoms with van der Waals surface area (Å²) in [5, 5.41) is 0. The molecule has 1 aromatic heterocycles. The molecule has 2 rings (SSSR count). The third-order valence-corrected chi connectivity index (χ3v) is 2.94. The Bertz CT molecular complexity index is 473. The highest BCUT2D eigenvalue weighted by Gasteiger charge is 2.20. The molecule has 76 valence electrons. The van der Waals surface area contributed by atoms with Gasteiger partial charge in [-0.15, -0.1) is 0 Å². The minimum absolute atomic E-state index is 0.898. The molecule has 1 aliphatic rings. The first-order valence-electron chi connectivity index (χ1n) is 4.75. The van der Waals surface area contributed by atoms with E-state index in [1.54, 1.807) is 6.21 Å². The largest absolute Gasteiger partial charge is 0.259 e. The van der Waals surface area contributed by atoms with Crippen LogP contribution in [0.25, 0.3) is 5.70 Å².